The first-order chi connectivity index (χ1) is 15.4. The summed E-state index contributed by atoms with van der Waals surface area (Å²) >= 11 is 6.08. The first-order valence-corrected chi connectivity index (χ1v) is 12.1. The molecule has 0 fully saturated rings. The number of benzene rings is 1. The number of amidine groups is 1. The van der Waals surface area contributed by atoms with Crippen LogP contribution in [0.2, 0.25) is 5.02 Å². The third-order valence-electron chi connectivity index (χ3n) is 6.34. The first-order valence-electron chi connectivity index (χ1n) is 10.2. The van der Waals surface area contributed by atoms with E-state index in [2.05, 4.69) is 19.7 Å². The van der Waals surface area contributed by atoms with Gasteiger partial charge in [0, 0.05) is 24.0 Å². The number of aromatic nitrogens is 1. The molecule has 3 atom stereocenters. The van der Waals surface area contributed by atoms with Gasteiger partial charge in [0.25, 0.3) is 5.91 Å². The standard InChI is InChI=1S/C22H22ClFN6O2S/c1-21(2)20(26)30-22(3,17-6-7-28-33(17,21)32)14-9-13(4-5-16(14)24)29-19(31)18-15(23)8-12(10-25)11-27-18/h4-5,8-9,11,17H,6-7H2,1-3H3,(H2,26,30)(H,29,31)/t17-,22+,33?/m0/s1. The van der Waals surface area contributed by atoms with Crippen molar-refractivity contribution in [3.05, 3.63) is 58.1 Å². The highest BCUT2D eigenvalue weighted by molar-refractivity contribution is 7.96. The van der Waals surface area contributed by atoms with Crippen LogP contribution in [-0.4, -0.2) is 37.5 Å². The molecule has 0 aliphatic carbocycles. The number of nitrogens with zero attached hydrogens (tertiary/aromatic N) is 4. The van der Waals surface area contributed by atoms with Crippen LogP contribution in [0, 0.1) is 17.1 Å². The largest absolute Gasteiger partial charge is 0.386 e. The van der Waals surface area contributed by atoms with Gasteiger partial charge in [0.05, 0.1) is 25.6 Å². The first kappa shape index (κ1) is 23.1. The lowest BCUT2D eigenvalue weighted by Crippen LogP contribution is -2.58. The lowest BCUT2D eigenvalue weighted by Gasteiger charge is -2.44. The predicted molar refractivity (Wildman–Crippen MR) is 125 cm³/mol. The lowest BCUT2D eigenvalue weighted by molar-refractivity contribution is 0.102. The van der Waals surface area contributed by atoms with Gasteiger partial charge >= 0.3 is 0 Å². The number of fused-ring (bicyclic) bond motifs is 1. The number of hydrogen-bond donors (Lipinski definition) is 2. The summed E-state index contributed by atoms with van der Waals surface area (Å²) in [6.45, 7) is 5.57. The molecular weight excluding hydrogens is 467 g/mol. The molecule has 1 aromatic heterocycles. The molecule has 0 bridgehead atoms. The summed E-state index contributed by atoms with van der Waals surface area (Å²) in [7, 11) is -2.83. The Hall–Kier alpha value is -3.03. The number of pyridine rings is 1. The number of aliphatic imine (C=N–C) groups is 1. The fraction of sp³-hybridized carbons (Fsp3) is 0.364. The Morgan fingerprint density at radius 1 is 1.36 bits per heavy atom. The van der Waals surface area contributed by atoms with Crippen LogP contribution in [0.5, 0.6) is 0 Å². The molecule has 33 heavy (non-hydrogen) atoms. The molecule has 0 saturated carbocycles. The van der Waals surface area contributed by atoms with E-state index in [1.54, 1.807) is 20.8 Å². The van der Waals surface area contributed by atoms with Gasteiger partial charge in [0.2, 0.25) is 0 Å². The van der Waals surface area contributed by atoms with Crippen molar-refractivity contribution in [2.24, 2.45) is 15.1 Å². The molecule has 8 nitrogen and oxygen atoms in total. The Kier molecular flexibility index (Phi) is 5.46. The van der Waals surface area contributed by atoms with E-state index in [0.717, 1.165) is 0 Å². The second kappa shape index (κ2) is 7.78. The average Bonchev–Trinajstić information content (AvgIpc) is 3.18. The minimum atomic E-state index is -2.83. The maximum atomic E-state index is 15.1. The highest BCUT2D eigenvalue weighted by Crippen LogP contribution is 2.48. The Morgan fingerprint density at radius 2 is 2.09 bits per heavy atom. The highest BCUT2D eigenvalue weighted by atomic mass is 35.5. The van der Waals surface area contributed by atoms with Crippen molar-refractivity contribution < 1.29 is 13.4 Å². The smallest absolute Gasteiger partial charge is 0.275 e. The number of nitrogens with two attached hydrogens (primary N) is 1. The monoisotopic (exact) mass is 488 g/mol. The molecule has 1 amide bonds. The lowest BCUT2D eigenvalue weighted by atomic mass is 9.85. The molecule has 2 aliphatic heterocycles. The highest BCUT2D eigenvalue weighted by Gasteiger charge is 2.56. The zero-order chi connectivity index (χ0) is 24.2. The van der Waals surface area contributed by atoms with Crippen LogP contribution < -0.4 is 11.1 Å². The Bertz CT molecular complexity index is 1380. The van der Waals surface area contributed by atoms with Gasteiger partial charge in [-0.2, -0.15) is 5.26 Å². The molecule has 3 N–H and O–H groups in total. The Morgan fingerprint density at radius 3 is 2.76 bits per heavy atom. The van der Waals surface area contributed by atoms with Gasteiger partial charge in [-0.25, -0.2) is 17.9 Å². The van der Waals surface area contributed by atoms with E-state index in [0.29, 0.717) is 13.0 Å². The second-order valence-electron chi connectivity index (χ2n) is 8.67. The maximum Gasteiger partial charge on any atom is 0.275 e. The normalized spacial score (nSPS) is 27.6. The molecule has 4 rings (SSSR count). The topological polar surface area (TPSA) is 134 Å². The molecule has 172 valence electrons. The molecule has 11 heteroatoms. The number of rotatable bonds is 3. The fourth-order valence-corrected chi connectivity index (χ4v) is 7.77. The molecule has 0 radical (unpaired) electrons. The summed E-state index contributed by atoms with van der Waals surface area (Å²) in [6.07, 6.45) is 1.72. The summed E-state index contributed by atoms with van der Waals surface area (Å²) in [4.78, 5) is 21.3. The number of hydrogen-bond acceptors (Lipinski definition) is 7. The van der Waals surface area contributed by atoms with E-state index in [-0.39, 0.29) is 33.4 Å². The zero-order valence-corrected chi connectivity index (χ0v) is 19.8. The van der Waals surface area contributed by atoms with E-state index in [9.17, 15) is 9.00 Å². The number of nitrogens with one attached hydrogen (secondary N) is 1. The second-order valence-corrected chi connectivity index (χ2v) is 12.1. The summed E-state index contributed by atoms with van der Waals surface area (Å²) in [5.41, 5.74) is 5.57. The number of carbonyl (C=O) groups excluding carboxylic acids is 1. The van der Waals surface area contributed by atoms with Crippen LogP contribution in [0.15, 0.2) is 39.8 Å². The van der Waals surface area contributed by atoms with Gasteiger partial charge in [-0.15, -0.1) is 0 Å². The van der Waals surface area contributed by atoms with Crippen molar-refractivity contribution in [3.63, 3.8) is 0 Å². The number of amides is 1. The van der Waals surface area contributed by atoms with E-state index in [1.165, 1.54) is 30.5 Å². The molecule has 1 aromatic carbocycles. The maximum absolute atomic E-state index is 15.1. The molecular formula is C22H22ClFN6O2S. The van der Waals surface area contributed by atoms with Crippen molar-refractivity contribution in [2.45, 2.75) is 42.7 Å². The van der Waals surface area contributed by atoms with Gasteiger partial charge in [0.15, 0.2) is 0 Å². The Balaban J connectivity index is 1.75. The van der Waals surface area contributed by atoms with Crippen molar-refractivity contribution in [3.8, 4) is 6.07 Å². The summed E-state index contributed by atoms with van der Waals surface area (Å²) in [5, 5.41) is 11.1. The summed E-state index contributed by atoms with van der Waals surface area (Å²) in [6, 6.07) is 7.29. The van der Waals surface area contributed by atoms with E-state index >= 15 is 4.39 Å². The van der Waals surface area contributed by atoms with Crippen LogP contribution in [0.4, 0.5) is 10.1 Å². The number of halogens is 2. The van der Waals surface area contributed by atoms with Crippen molar-refractivity contribution in [1.29, 1.82) is 5.26 Å². The summed E-state index contributed by atoms with van der Waals surface area (Å²) < 4.78 is 32.5. The van der Waals surface area contributed by atoms with Gasteiger partial charge in [-0.05, 0) is 51.5 Å². The molecule has 2 aromatic rings. The third kappa shape index (κ3) is 3.47. The predicted octanol–water partition coefficient (Wildman–Crippen LogP) is 3.60. The molecule has 3 heterocycles. The SMILES string of the molecule is CC1(C)C(N)=N[C@](C)(c2cc(NC(=O)c3ncc(C#N)cc3Cl)ccc2F)[C@@H]2CCN=S21=O. The van der Waals surface area contributed by atoms with Gasteiger partial charge < -0.3 is 11.1 Å². The van der Waals surface area contributed by atoms with Crippen LogP contribution in [0.1, 0.15) is 48.8 Å². The van der Waals surface area contributed by atoms with Gasteiger partial charge in [-0.3, -0.25) is 9.79 Å². The number of carbonyl (C=O) groups is 1. The van der Waals surface area contributed by atoms with Crippen molar-refractivity contribution in [2.75, 3.05) is 11.9 Å². The van der Waals surface area contributed by atoms with Gasteiger partial charge in [-0.1, -0.05) is 11.6 Å². The summed E-state index contributed by atoms with van der Waals surface area (Å²) in [5.74, 6) is -1.03. The van der Waals surface area contributed by atoms with Crippen LogP contribution >= 0.6 is 11.6 Å². The van der Waals surface area contributed by atoms with Crippen molar-refractivity contribution in [1.82, 2.24) is 4.98 Å². The zero-order valence-electron chi connectivity index (χ0n) is 18.2. The number of nitriles is 1. The fourth-order valence-electron chi connectivity index (χ4n) is 4.35. The quantitative estimate of drug-likeness (QED) is 0.680. The van der Waals surface area contributed by atoms with Crippen LogP contribution in [0.25, 0.3) is 0 Å². The van der Waals surface area contributed by atoms with Crippen LogP contribution in [-0.2, 0) is 15.3 Å². The van der Waals surface area contributed by atoms with E-state index in [1.807, 2.05) is 6.07 Å². The molecule has 2 aliphatic rings. The van der Waals surface area contributed by atoms with Crippen molar-refractivity contribution >= 4 is 38.8 Å². The number of anilines is 1. The van der Waals surface area contributed by atoms with E-state index < -0.39 is 37.0 Å². The molecule has 0 spiro atoms. The van der Waals surface area contributed by atoms with E-state index in [4.69, 9.17) is 22.6 Å². The third-order valence-corrected chi connectivity index (χ3v) is 10.3. The average molecular weight is 489 g/mol. The Labute approximate surface area is 196 Å². The molecule has 0 saturated heterocycles. The minimum Gasteiger partial charge on any atom is -0.386 e. The molecule has 1 unspecified atom stereocenters. The minimum absolute atomic E-state index is 0.0139. The van der Waals surface area contributed by atoms with Gasteiger partial charge in [0.1, 0.15) is 33.7 Å². The van der Waals surface area contributed by atoms with Crippen LogP contribution in [0.3, 0.4) is 0 Å².